The molecule has 25 heavy (non-hydrogen) atoms. The number of piperidine rings is 1. The van der Waals surface area contributed by atoms with Crippen LogP contribution < -0.4 is 0 Å². The van der Waals surface area contributed by atoms with Gasteiger partial charge in [-0.1, -0.05) is 13.0 Å². The van der Waals surface area contributed by atoms with E-state index in [-0.39, 0.29) is 11.4 Å². The van der Waals surface area contributed by atoms with Crippen LogP contribution in [0.4, 0.5) is 0 Å². The predicted molar refractivity (Wildman–Crippen MR) is 98.0 cm³/mol. The topological polar surface area (TPSA) is 53.3 Å². The van der Waals surface area contributed by atoms with Crippen LogP contribution in [0.25, 0.3) is 5.70 Å². The lowest BCUT2D eigenvalue weighted by Gasteiger charge is -2.41. The number of nitriles is 1. The van der Waals surface area contributed by atoms with Crippen molar-refractivity contribution in [2.45, 2.75) is 52.1 Å². The number of hydrogen-bond acceptors (Lipinski definition) is 4. The lowest BCUT2D eigenvalue weighted by Crippen LogP contribution is -2.43. The summed E-state index contributed by atoms with van der Waals surface area (Å²) in [6.45, 7) is 7.96. The van der Waals surface area contributed by atoms with Gasteiger partial charge < -0.3 is 9.64 Å². The molecule has 0 unspecified atom stereocenters. The Bertz CT molecular complexity index is 778. The van der Waals surface area contributed by atoms with Crippen molar-refractivity contribution in [1.29, 1.82) is 5.26 Å². The molecule has 0 N–H and O–H groups in total. The predicted octanol–water partition coefficient (Wildman–Crippen LogP) is 3.42. The van der Waals surface area contributed by atoms with Gasteiger partial charge in [-0.15, -0.1) is 0 Å². The number of nitrogens with zero attached hydrogens (tertiary/aromatic N) is 2. The molecule has 0 bridgehead atoms. The van der Waals surface area contributed by atoms with E-state index in [4.69, 9.17) is 4.74 Å². The zero-order valence-electron chi connectivity index (χ0n) is 15.6. The Morgan fingerprint density at radius 3 is 2.56 bits per heavy atom. The summed E-state index contributed by atoms with van der Waals surface area (Å²) in [4.78, 5) is 14.8. The van der Waals surface area contributed by atoms with Gasteiger partial charge in [0, 0.05) is 32.2 Å². The third-order valence-electron chi connectivity index (χ3n) is 5.81. The molecule has 0 radical (unpaired) electrons. The van der Waals surface area contributed by atoms with Crippen molar-refractivity contribution in [3.63, 3.8) is 0 Å². The average Bonchev–Trinajstić information content (AvgIpc) is 2.61. The van der Waals surface area contributed by atoms with Crippen molar-refractivity contribution in [3.05, 3.63) is 40.0 Å². The molecule has 4 nitrogen and oxygen atoms in total. The number of likely N-dealkylation sites (tertiary alicyclic amines) is 1. The highest BCUT2D eigenvalue weighted by molar-refractivity contribution is 6.10. The lowest BCUT2D eigenvalue weighted by molar-refractivity contribution is -0.114. The molecular weight excluding hydrogens is 312 g/mol. The maximum atomic E-state index is 12.6. The second kappa shape index (κ2) is 6.65. The first-order valence-electron chi connectivity index (χ1n) is 9.03. The Morgan fingerprint density at radius 1 is 1.32 bits per heavy atom. The second-order valence-electron chi connectivity index (χ2n) is 7.37. The summed E-state index contributed by atoms with van der Waals surface area (Å²) >= 11 is 0. The van der Waals surface area contributed by atoms with Crippen LogP contribution in [-0.2, 0) is 22.4 Å². The van der Waals surface area contributed by atoms with Gasteiger partial charge in [-0.05, 0) is 55.9 Å². The Hall–Kier alpha value is -2.12. The van der Waals surface area contributed by atoms with Gasteiger partial charge in [-0.25, -0.2) is 0 Å². The number of carbonyl (C=O) groups is 1. The average molecular weight is 338 g/mol. The van der Waals surface area contributed by atoms with Crippen LogP contribution in [0.3, 0.4) is 0 Å². The quantitative estimate of drug-likeness (QED) is 0.847. The fourth-order valence-electron chi connectivity index (χ4n) is 3.94. The van der Waals surface area contributed by atoms with Gasteiger partial charge in [0.05, 0.1) is 11.3 Å². The number of ketones is 1. The van der Waals surface area contributed by atoms with Crippen molar-refractivity contribution in [2.75, 3.05) is 20.2 Å². The fraction of sp³-hybridized carbons (Fsp3) is 0.524. The number of ether oxygens (including phenoxy) is 1. The first-order chi connectivity index (χ1) is 11.9. The highest BCUT2D eigenvalue weighted by Gasteiger charge is 2.35. The van der Waals surface area contributed by atoms with Crippen molar-refractivity contribution in [1.82, 2.24) is 4.90 Å². The van der Waals surface area contributed by atoms with E-state index in [0.717, 1.165) is 49.2 Å². The van der Waals surface area contributed by atoms with Crippen molar-refractivity contribution >= 4 is 11.5 Å². The number of hydrogen-bond donors (Lipinski definition) is 0. The van der Waals surface area contributed by atoms with E-state index < -0.39 is 0 Å². The third kappa shape index (κ3) is 3.09. The first-order valence-corrected chi connectivity index (χ1v) is 9.03. The van der Waals surface area contributed by atoms with Crippen LogP contribution in [0.5, 0.6) is 0 Å². The minimum Gasteiger partial charge on any atom is -0.378 e. The van der Waals surface area contributed by atoms with Crippen LogP contribution in [-0.4, -0.2) is 36.5 Å². The minimum absolute atomic E-state index is 0.0614. The molecule has 132 valence electrons. The van der Waals surface area contributed by atoms with E-state index in [0.29, 0.717) is 12.0 Å². The second-order valence-corrected chi connectivity index (χ2v) is 7.37. The van der Waals surface area contributed by atoms with Gasteiger partial charge in [0.25, 0.3) is 0 Å². The lowest BCUT2D eigenvalue weighted by atomic mass is 9.83. The highest BCUT2D eigenvalue weighted by atomic mass is 16.5. The van der Waals surface area contributed by atoms with Crippen molar-refractivity contribution in [3.8, 4) is 6.07 Å². The van der Waals surface area contributed by atoms with E-state index >= 15 is 0 Å². The normalized spacial score (nSPS) is 19.6. The number of carbonyl (C=O) groups excluding carboxylic acids is 1. The van der Waals surface area contributed by atoms with E-state index in [2.05, 4.69) is 43.9 Å². The Morgan fingerprint density at radius 2 is 2.00 bits per heavy atom. The van der Waals surface area contributed by atoms with Crippen LogP contribution in [0.1, 0.15) is 48.9 Å². The molecule has 3 rings (SSSR count). The summed E-state index contributed by atoms with van der Waals surface area (Å²) in [7, 11) is 1.76. The molecule has 0 spiro atoms. The van der Waals surface area contributed by atoms with Crippen molar-refractivity contribution < 1.29 is 9.53 Å². The number of aryl methyl sites for hydroxylation is 2. The molecule has 0 amide bonds. The molecule has 0 saturated carbocycles. The molecule has 0 aromatic heterocycles. The molecule has 1 saturated heterocycles. The molecule has 1 aromatic carbocycles. The molecule has 1 aliphatic carbocycles. The zero-order valence-corrected chi connectivity index (χ0v) is 15.6. The third-order valence-corrected chi connectivity index (χ3v) is 5.81. The summed E-state index contributed by atoms with van der Waals surface area (Å²) in [6.07, 6.45) is 3.06. The van der Waals surface area contributed by atoms with Gasteiger partial charge >= 0.3 is 0 Å². The fourth-order valence-corrected chi connectivity index (χ4v) is 3.94. The highest BCUT2D eigenvalue weighted by Crippen LogP contribution is 2.37. The number of fused-ring (bicyclic) bond motifs is 1. The maximum Gasteiger partial charge on any atom is 0.179 e. The maximum absolute atomic E-state index is 12.6. The van der Waals surface area contributed by atoms with E-state index in [1.807, 2.05) is 0 Å². The largest absolute Gasteiger partial charge is 0.378 e. The molecule has 1 aromatic rings. The van der Waals surface area contributed by atoms with Gasteiger partial charge in [-0.2, -0.15) is 5.26 Å². The summed E-state index contributed by atoms with van der Waals surface area (Å²) < 4.78 is 5.64. The van der Waals surface area contributed by atoms with Gasteiger partial charge in [0.1, 0.15) is 11.6 Å². The molecule has 2 aliphatic rings. The molecule has 4 heteroatoms. The van der Waals surface area contributed by atoms with E-state index in [9.17, 15) is 10.1 Å². The molecule has 1 fully saturated rings. The number of methoxy groups -OCH3 is 1. The van der Waals surface area contributed by atoms with Gasteiger partial charge in [0.2, 0.25) is 0 Å². The molecule has 1 aliphatic heterocycles. The monoisotopic (exact) mass is 338 g/mol. The van der Waals surface area contributed by atoms with E-state index in [1.54, 1.807) is 7.11 Å². The molecule has 0 atom stereocenters. The number of benzene rings is 1. The summed E-state index contributed by atoms with van der Waals surface area (Å²) in [6, 6.07) is 6.50. The first kappa shape index (κ1) is 17.7. The van der Waals surface area contributed by atoms with E-state index in [1.165, 1.54) is 11.1 Å². The Balaban J connectivity index is 2.07. The number of Topliss-reactive ketones (excluding diaryl/α,β-unsaturated/α-hetero) is 1. The standard InChI is InChI=1S/C21H26N2O2/c1-5-15-11-17-16(10-14(15)2)12-19(24)18(13-22)20(17)23-8-6-21(3,25-4)7-9-23/h10-11H,5-9,12H2,1-4H3. The SMILES string of the molecule is CCc1cc2c(cc1C)CC(=O)C(C#N)=C2N1CCC(C)(OC)CC1. The van der Waals surface area contributed by atoms with Gasteiger partial charge in [0.15, 0.2) is 5.78 Å². The summed E-state index contributed by atoms with van der Waals surface area (Å²) in [5.74, 6) is -0.0614. The number of rotatable bonds is 3. The van der Waals surface area contributed by atoms with Crippen LogP contribution in [0.2, 0.25) is 0 Å². The van der Waals surface area contributed by atoms with Crippen LogP contribution >= 0.6 is 0 Å². The Labute approximate surface area is 150 Å². The van der Waals surface area contributed by atoms with Crippen LogP contribution in [0.15, 0.2) is 17.7 Å². The van der Waals surface area contributed by atoms with Crippen molar-refractivity contribution in [2.24, 2.45) is 0 Å². The summed E-state index contributed by atoms with van der Waals surface area (Å²) in [5.41, 5.74) is 5.66. The zero-order chi connectivity index (χ0) is 18.2. The minimum atomic E-state index is -0.118. The Kier molecular flexibility index (Phi) is 4.71. The summed E-state index contributed by atoms with van der Waals surface area (Å²) in [5, 5.41) is 9.64. The molecular formula is C21H26N2O2. The van der Waals surface area contributed by atoms with Gasteiger partial charge in [-0.3, -0.25) is 4.79 Å². The van der Waals surface area contributed by atoms with Crippen LogP contribution in [0, 0.1) is 18.3 Å². The number of allylic oxidation sites excluding steroid dienone is 1. The smallest absolute Gasteiger partial charge is 0.179 e. The molecule has 1 heterocycles.